The van der Waals surface area contributed by atoms with Crippen molar-refractivity contribution < 1.29 is 4.79 Å². The third kappa shape index (κ3) is 2.03. The zero-order valence-electron chi connectivity index (χ0n) is 10.5. The van der Waals surface area contributed by atoms with E-state index in [2.05, 4.69) is 15.1 Å². The van der Waals surface area contributed by atoms with E-state index in [0.29, 0.717) is 17.6 Å². The molecule has 0 bridgehead atoms. The highest BCUT2D eigenvalue weighted by molar-refractivity contribution is 5.90. The SMILES string of the molecule is Cc1c(N)nc(C2CC2)nc1-n1ccc(C(N)=O)n1. The van der Waals surface area contributed by atoms with E-state index in [1.54, 1.807) is 12.3 Å². The molecular weight excluding hydrogens is 244 g/mol. The number of hydrogen-bond acceptors (Lipinski definition) is 5. The fourth-order valence-corrected chi connectivity index (χ4v) is 1.86. The van der Waals surface area contributed by atoms with E-state index < -0.39 is 5.91 Å². The third-order valence-electron chi connectivity index (χ3n) is 3.18. The monoisotopic (exact) mass is 258 g/mol. The average Bonchev–Trinajstić information content (AvgIpc) is 3.09. The van der Waals surface area contributed by atoms with Crippen LogP contribution in [0.2, 0.25) is 0 Å². The molecule has 1 aliphatic carbocycles. The molecule has 0 aromatic carbocycles. The summed E-state index contributed by atoms with van der Waals surface area (Å²) < 4.78 is 1.51. The third-order valence-corrected chi connectivity index (χ3v) is 3.18. The molecule has 4 N–H and O–H groups in total. The van der Waals surface area contributed by atoms with Gasteiger partial charge in [0.05, 0.1) is 0 Å². The second kappa shape index (κ2) is 4.04. The van der Waals surface area contributed by atoms with Crippen LogP contribution in [-0.4, -0.2) is 25.7 Å². The van der Waals surface area contributed by atoms with E-state index in [1.165, 1.54) is 4.68 Å². The Bertz CT molecular complexity index is 658. The van der Waals surface area contributed by atoms with Gasteiger partial charge in [-0.1, -0.05) is 0 Å². The van der Waals surface area contributed by atoms with Crippen molar-refractivity contribution in [2.24, 2.45) is 5.73 Å². The number of primary amides is 1. The zero-order valence-corrected chi connectivity index (χ0v) is 10.5. The van der Waals surface area contributed by atoms with Crippen LogP contribution in [-0.2, 0) is 0 Å². The maximum Gasteiger partial charge on any atom is 0.269 e. The van der Waals surface area contributed by atoms with Crippen molar-refractivity contribution in [1.29, 1.82) is 0 Å². The first-order valence-corrected chi connectivity index (χ1v) is 6.06. The molecule has 0 aliphatic heterocycles. The minimum atomic E-state index is -0.569. The summed E-state index contributed by atoms with van der Waals surface area (Å²) in [6.45, 7) is 1.83. The maximum absolute atomic E-state index is 11.1. The maximum atomic E-state index is 11.1. The molecule has 19 heavy (non-hydrogen) atoms. The summed E-state index contributed by atoms with van der Waals surface area (Å²) in [5.41, 5.74) is 12.0. The van der Waals surface area contributed by atoms with Gasteiger partial charge in [0, 0.05) is 17.7 Å². The van der Waals surface area contributed by atoms with Gasteiger partial charge >= 0.3 is 0 Å². The number of hydrogen-bond donors (Lipinski definition) is 2. The second-order valence-electron chi connectivity index (χ2n) is 4.70. The Balaban J connectivity index is 2.09. The molecule has 2 aromatic rings. The molecule has 0 unspecified atom stereocenters. The normalized spacial score (nSPS) is 14.6. The number of nitrogen functional groups attached to an aromatic ring is 1. The minimum Gasteiger partial charge on any atom is -0.383 e. The lowest BCUT2D eigenvalue weighted by Gasteiger charge is -2.09. The first kappa shape index (κ1) is 11.6. The number of anilines is 1. The Hall–Kier alpha value is -2.44. The summed E-state index contributed by atoms with van der Waals surface area (Å²) in [6.07, 6.45) is 3.83. The molecule has 2 heterocycles. The van der Waals surface area contributed by atoms with Gasteiger partial charge in [-0.25, -0.2) is 14.6 Å². The molecule has 0 saturated heterocycles. The molecule has 7 heteroatoms. The Morgan fingerprint density at radius 2 is 2.16 bits per heavy atom. The van der Waals surface area contributed by atoms with Gasteiger partial charge in [-0.3, -0.25) is 4.79 Å². The van der Waals surface area contributed by atoms with Crippen LogP contribution >= 0.6 is 0 Å². The van der Waals surface area contributed by atoms with Crippen molar-refractivity contribution in [3.05, 3.63) is 29.3 Å². The van der Waals surface area contributed by atoms with Crippen molar-refractivity contribution in [3.8, 4) is 5.82 Å². The molecule has 1 saturated carbocycles. The highest BCUT2D eigenvalue weighted by Gasteiger charge is 2.28. The first-order valence-electron chi connectivity index (χ1n) is 6.06. The van der Waals surface area contributed by atoms with Gasteiger partial charge in [-0.05, 0) is 25.8 Å². The Morgan fingerprint density at radius 1 is 1.42 bits per heavy atom. The van der Waals surface area contributed by atoms with Gasteiger partial charge in [0.2, 0.25) is 0 Å². The highest BCUT2D eigenvalue weighted by atomic mass is 16.1. The Kier molecular flexibility index (Phi) is 2.48. The van der Waals surface area contributed by atoms with Gasteiger partial charge in [0.15, 0.2) is 5.82 Å². The largest absolute Gasteiger partial charge is 0.383 e. The average molecular weight is 258 g/mol. The van der Waals surface area contributed by atoms with Crippen LogP contribution < -0.4 is 11.5 Å². The molecule has 0 radical (unpaired) electrons. The van der Waals surface area contributed by atoms with Gasteiger partial charge in [0.1, 0.15) is 17.3 Å². The summed E-state index contributed by atoms with van der Waals surface area (Å²) in [7, 11) is 0. The lowest BCUT2D eigenvalue weighted by Crippen LogP contribution is -2.13. The van der Waals surface area contributed by atoms with Crippen LogP contribution in [0.4, 0.5) is 5.82 Å². The molecule has 2 aromatic heterocycles. The zero-order chi connectivity index (χ0) is 13.6. The van der Waals surface area contributed by atoms with Crippen LogP contribution in [0.3, 0.4) is 0 Å². The van der Waals surface area contributed by atoms with Crippen molar-refractivity contribution in [2.75, 3.05) is 5.73 Å². The predicted octanol–water partition coefficient (Wildman–Crippen LogP) is 0.529. The highest BCUT2D eigenvalue weighted by Crippen LogP contribution is 2.38. The van der Waals surface area contributed by atoms with Crippen LogP contribution in [0.1, 0.15) is 40.6 Å². The Morgan fingerprint density at radius 3 is 2.74 bits per heavy atom. The van der Waals surface area contributed by atoms with Crippen molar-refractivity contribution in [1.82, 2.24) is 19.7 Å². The van der Waals surface area contributed by atoms with Crippen LogP contribution in [0.25, 0.3) is 5.82 Å². The molecule has 3 rings (SSSR count). The van der Waals surface area contributed by atoms with Crippen molar-refractivity contribution >= 4 is 11.7 Å². The topological polar surface area (TPSA) is 113 Å². The molecule has 7 nitrogen and oxygen atoms in total. The van der Waals surface area contributed by atoms with Crippen molar-refractivity contribution in [3.63, 3.8) is 0 Å². The number of aromatic nitrogens is 4. The molecule has 1 aliphatic rings. The summed E-state index contributed by atoms with van der Waals surface area (Å²) in [5.74, 6) is 1.62. The molecule has 1 fully saturated rings. The lowest BCUT2D eigenvalue weighted by molar-refractivity contribution is 0.0995. The van der Waals surface area contributed by atoms with E-state index in [9.17, 15) is 4.79 Å². The number of nitrogens with two attached hydrogens (primary N) is 2. The number of nitrogens with zero attached hydrogens (tertiary/aromatic N) is 4. The van der Waals surface area contributed by atoms with Crippen LogP contribution in [0, 0.1) is 6.92 Å². The fraction of sp³-hybridized carbons (Fsp3) is 0.333. The molecular formula is C12H14N6O. The summed E-state index contributed by atoms with van der Waals surface area (Å²) >= 11 is 0. The standard InChI is InChI=1S/C12H14N6O/c1-6-9(13)15-11(7-2-3-7)16-12(6)18-5-4-8(17-18)10(14)19/h4-5,7H,2-3H2,1H3,(H2,14,19)(H2,13,15,16). The van der Waals surface area contributed by atoms with Gasteiger partial charge < -0.3 is 11.5 Å². The summed E-state index contributed by atoms with van der Waals surface area (Å²) in [4.78, 5) is 19.9. The number of rotatable bonds is 3. The van der Waals surface area contributed by atoms with Gasteiger partial charge in [0.25, 0.3) is 5.91 Å². The minimum absolute atomic E-state index is 0.199. The van der Waals surface area contributed by atoms with E-state index >= 15 is 0 Å². The van der Waals surface area contributed by atoms with E-state index in [-0.39, 0.29) is 5.69 Å². The second-order valence-corrected chi connectivity index (χ2v) is 4.70. The first-order chi connectivity index (χ1) is 9.06. The number of carbonyl (C=O) groups excluding carboxylic acids is 1. The molecule has 98 valence electrons. The Labute approximate surface area is 109 Å². The van der Waals surface area contributed by atoms with Gasteiger partial charge in [-0.2, -0.15) is 5.10 Å². The van der Waals surface area contributed by atoms with Gasteiger partial charge in [-0.15, -0.1) is 0 Å². The molecule has 0 spiro atoms. The number of carbonyl (C=O) groups is 1. The van der Waals surface area contributed by atoms with Crippen LogP contribution in [0.15, 0.2) is 12.3 Å². The summed E-state index contributed by atoms with van der Waals surface area (Å²) in [5, 5.41) is 4.10. The summed E-state index contributed by atoms with van der Waals surface area (Å²) in [6, 6.07) is 1.55. The molecule has 0 atom stereocenters. The fourth-order valence-electron chi connectivity index (χ4n) is 1.86. The predicted molar refractivity (Wildman–Crippen MR) is 68.8 cm³/mol. The molecule has 1 amide bonds. The van der Waals surface area contributed by atoms with E-state index in [0.717, 1.165) is 24.2 Å². The van der Waals surface area contributed by atoms with Crippen molar-refractivity contribution in [2.45, 2.75) is 25.7 Å². The quantitative estimate of drug-likeness (QED) is 0.833. The van der Waals surface area contributed by atoms with Crippen LogP contribution in [0.5, 0.6) is 0 Å². The smallest absolute Gasteiger partial charge is 0.269 e. The number of amides is 1. The van der Waals surface area contributed by atoms with E-state index in [1.807, 2.05) is 6.92 Å². The van der Waals surface area contributed by atoms with E-state index in [4.69, 9.17) is 11.5 Å². The lowest BCUT2D eigenvalue weighted by atomic mass is 10.3.